The summed E-state index contributed by atoms with van der Waals surface area (Å²) in [7, 11) is 0. The molecule has 0 radical (unpaired) electrons. The van der Waals surface area contributed by atoms with Crippen LogP contribution >= 0.6 is 0 Å². The third-order valence-corrected chi connectivity index (χ3v) is 5.42. The lowest BCUT2D eigenvalue weighted by Crippen LogP contribution is -2.35. The Morgan fingerprint density at radius 2 is 1.94 bits per heavy atom. The lowest BCUT2D eigenvalue weighted by Gasteiger charge is -2.28. The molecular formula is C23H30N6O3. The molecule has 0 saturated carbocycles. The van der Waals surface area contributed by atoms with Crippen LogP contribution in [-0.2, 0) is 11.3 Å². The Bertz CT molecular complexity index is 1100. The molecule has 9 heteroatoms. The largest absolute Gasteiger partial charge is 0.367 e. The molecule has 0 bridgehead atoms. The lowest BCUT2D eigenvalue weighted by molar-refractivity contribution is -0.119. The molecule has 1 amide bonds. The number of carbonyl (C=O) groups is 2. The van der Waals surface area contributed by atoms with E-state index in [4.69, 9.17) is 5.41 Å². The molecule has 4 N–H and O–H groups in total. The third-order valence-electron chi connectivity index (χ3n) is 5.42. The van der Waals surface area contributed by atoms with Gasteiger partial charge in [0.2, 0.25) is 0 Å². The Hall–Kier alpha value is -3.49. The molecule has 3 heterocycles. The minimum Gasteiger partial charge on any atom is -0.367 e. The first kappa shape index (κ1) is 23.2. The average Bonchev–Trinajstić information content (AvgIpc) is 2.72. The molecule has 1 saturated heterocycles. The Morgan fingerprint density at radius 1 is 1.25 bits per heavy atom. The zero-order valence-electron chi connectivity index (χ0n) is 19.0. The van der Waals surface area contributed by atoms with Gasteiger partial charge in [-0.15, -0.1) is 0 Å². The first-order valence-electron chi connectivity index (χ1n) is 10.8. The van der Waals surface area contributed by atoms with Crippen LogP contribution < -0.4 is 21.1 Å². The predicted octanol–water partition coefficient (Wildman–Crippen LogP) is 2.30. The predicted molar refractivity (Wildman–Crippen MR) is 125 cm³/mol. The Labute approximate surface area is 187 Å². The number of amides is 1. The van der Waals surface area contributed by atoms with Crippen molar-refractivity contribution in [2.75, 3.05) is 23.3 Å². The first-order valence-corrected chi connectivity index (χ1v) is 10.8. The monoisotopic (exact) mass is 438 g/mol. The van der Waals surface area contributed by atoms with E-state index in [2.05, 4.69) is 20.6 Å². The van der Waals surface area contributed by atoms with Gasteiger partial charge in [0.1, 0.15) is 17.4 Å². The van der Waals surface area contributed by atoms with E-state index in [0.29, 0.717) is 54.3 Å². The van der Waals surface area contributed by atoms with E-state index in [9.17, 15) is 14.4 Å². The first-order chi connectivity index (χ1) is 15.2. The number of ketones is 1. The number of aromatic nitrogens is 2. The molecule has 1 aliphatic heterocycles. The van der Waals surface area contributed by atoms with Gasteiger partial charge in [-0.05, 0) is 45.4 Å². The fourth-order valence-corrected chi connectivity index (χ4v) is 3.77. The van der Waals surface area contributed by atoms with Crippen molar-refractivity contribution < 1.29 is 9.59 Å². The number of Topliss-reactive ketones (excluding diaryl/α,β-unsaturated/α-hetero) is 1. The molecule has 170 valence electrons. The van der Waals surface area contributed by atoms with E-state index < -0.39 is 5.91 Å². The molecular weight excluding hydrogens is 408 g/mol. The van der Waals surface area contributed by atoms with Gasteiger partial charge in [0.05, 0.1) is 5.56 Å². The molecule has 1 fully saturated rings. The highest BCUT2D eigenvalue weighted by Gasteiger charge is 2.23. The smallest absolute Gasteiger partial charge is 0.253 e. The molecule has 3 rings (SSSR count). The molecule has 2 aromatic heterocycles. The molecule has 0 spiro atoms. The summed E-state index contributed by atoms with van der Waals surface area (Å²) < 4.78 is 0. The number of nitrogens with one attached hydrogen (secondary N) is 4. The van der Waals surface area contributed by atoms with Crippen LogP contribution in [0, 0.1) is 19.3 Å². The highest BCUT2D eigenvalue weighted by Crippen LogP contribution is 2.25. The zero-order chi connectivity index (χ0) is 23.4. The highest BCUT2D eigenvalue weighted by molar-refractivity contribution is 6.05. The van der Waals surface area contributed by atoms with E-state index in [-0.39, 0.29) is 23.9 Å². The van der Waals surface area contributed by atoms with E-state index in [1.165, 1.54) is 0 Å². The summed E-state index contributed by atoms with van der Waals surface area (Å²) in [5.41, 5.74) is 2.50. The van der Waals surface area contributed by atoms with Gasteiger partial charge in [0.15, 0.2) is 0 Å². The number of piperidine rings is 1. The Morgan fingerprint density at radius 3 is 2.53 bits per heavy atom. The number of hydrogen-bond donors (Lipinski definition) is 4. The van der Waals surface area contributed by atoms with Crippen LogP contribution in [-0.4, -0.2) is 47.0 Å². The van der Waals surface area contributed by atoms with Crippen molar-refractivity contribution in [1.29, 1.82) is 5.41 Å². The average molecular weight is 439 g/mol. The number of anilines is 2. The summed E-state index contributed by atoms with van der Waals surface area (Å²) in [6, 6.07) is 3.56. The van der Waals surface area contributed by atoms with Crippen molar-refractivity contribution in [3.05, 3.63) is 50.4 Å². The quantitative estimate of drug-likeness (QED) is 0.491. The minimum absolute atomic E-state index is 0.0454. The molecule has 0 aromatic carbocycles. The summed E-state index contributed by atoms with van der Waals surface area (Å²) in [5, 5.41) is 13.9. The molecule has 1 aliphatic rings. The van der Waals surface area contributed by atoms with Gasteiger partial charge in [-0.1, -0.05) is 0 Å². The number of rotatable bonds is 7. The molecule has 2 aromatic rings. The van der Waals surface area contributed by atoms with Crippen LogP contribution in [0.25, 0.3) is 0 Å². The number of hydrogen-bond acceptors (Lipinski definition) is 7. The number of pyridine rings is 2. The molecule has 0 unspecified atom stereocenters. The van der Waals surface area contributed by atoms with Crippen LogP contribution in [0.3, 0.4) is 0 Å². The third kappa shape index (κ3) is 5.22. The van der Waals surface area contributed by atoms with Crippen LogP contribution in [0.4, 0.5) is 11.6 Å². The van der Waals surface area contributed by atoms with Crippen molar-refractivity contribution in [3.8, 4) is 0 Å². The van der Waals surface area contributed by atoms with Gasteiger partial charge in [-0.25, -0.2) is 4.98 Å². The van der Waals surface area contributed by atoms with Crippen LogP contribution in [0.15, 0.2) is 16.9 Å². The van der Waals surface area contributed by atoms with E-state index in [1.54, 1.807) is 6.07 Å². The summed E-state index contributed by atoms with van der Waals surface area (Å²) in [6.07, 6.45) is 2.00. The molecule has 32 heavy (non-hydrogen) atoms. The summed E-state index contributed by atoms with van der Waals surface area (Å²) in [4.78, 5) is 46.5. The van der Waals surface area contributed by atoms with Crippen LogP contribution in [0.5, 0.6) is 0 Å². The Kier molecular flexibility index (Phi) is 7.07. The molecule has 0 aliphatic carbocycles. The van der Waals surface area contributed by atoms with Gasteiger partial charge >= 0.3 is 0 Å². The van der Waals surface area contributed by atoms with Gasteiger partial charge in [-0.2, -0.15) is 0 Å². The second-order valence-electron chi connectivity index (χ2n) is 8.39. The molecule has 0 atom stereocenters. The van der Waals surface area contributed by atoms with E-state index in [0.717, 1.165) is 17.5 Å². The second kappa shape index (κ2) is 9.76. The SMILES string of the molecule is Cc1cc(C)c(CNC(=O)c2cc(N3CCC(=O)CC3)nc(NC(C)C)c2C=N)c(=O)[nH]1. The topological polar surface area (TPSA) is 131 Å². The van der Waals surface area contributed by atoms with Gasteiger partial charge in [0, 0.05) is 61.6 Å². The maximum Gasteiger partial charge on any atom is 0.253 e. The number of aromatic amines is 1. The van der Waals surface area contributed by atoms with Crippen molar-refractivity contribution in [1.82, 2.24) is 15.3 Å². The van der Waals surface area contributed by atoms with Crippen LogP contribution in [0.1, 0.15) is 59.4 Å². The van der Waals surface area contributed by atoms with Crippen LogP contribution in [0.2, 0.25) is 0 Å². The second-order valence-corrected chi connectivity index (χ2v) is 8.39. The standard InChI is InChI=1S/C23H30N6O3/c1-13(2)26-21-18(11-24)17(10-20(28-21)29-7-5-16(30)6-8-29)22(31)25-12-19-14(3)9-15(4)27-23(19)32/h9-11,13,24H,5-8,12H2,1-4H3,(H,25,31)(H,26,28)(H,27,32). The zero-order valence-corrected chi connectivity index (χ0v) is 19.0. The summed E-state index contributed by atoms with van der Waals surface area (Å²) in [6.45, 7) is 8.69. The Balaban J connectivity index is 1.94. The van der Waals surface area contributed by atoms with Crippen molar-refractivity contribution in [2.45, 2.75) is 53.1 Å². The lowest BCUT2D eigenvalue weighted by atomic mass is 10.1. The van der Waals surface area contributed by atoms with Gasteiger partial charge < -0.3 is 25.9 Å². The maximum atomic E-state index is 13.2. The fourth-order valence-electron chi connectivity index (χ4n) is 3.77. The summed E-state index contributed by atoms with van der Waals surface area (Å²) in [5.74, 6) is 0.848. The maximum absolute atomic E-state index is 13.2. The van der Waals surface area contributed by atoms with Crippen molar-refractivity contribution >= 4 is 29.5 Å². The highest BCUT2D eigenvalue weighted by atomic mass is 16.2. The fraction of sp³-hybridized carbons (Fsp3) is 0.435. The van der Waals surface area contributed by atoms with Crippen molar-refractivity contribution in [3.63, 3.8) is 0 Å². The summed E-state index contributed by atoms with van der Waals surface area (Å²) >= 11 is 0. The number of nitrogens with zero attached hydrogens (tertiary/aromatic N) is 2. The van der Waals surface area contributed by atoms with Gasteiger partial charge in [0.25, 0.3) is 11.5 Å². The van der Waals surface area contributed by atoms with Crippen molar-refractivity contribution in [2.24, 2.45) is 0 Å². The minimum atomic E-state index is -0.397. The molecule has 9 nitrogen and oxygen atoms in total. The number of carbonyl (C=O) groups excluding carboxylic acids is 2. The van der Waals surface area contributed by atoms with Gasteiger partial charge in [-0.3, -0.25) is 14.4 Å². The number of H-pyrrole nitrogens is 1. The van der Waals surface area contributed by atoms with E-state index in [1.807, 2.05) is 38.7 Å². The normalized spacial score (nSPS) is 13.9. The number of aryl methyl sites for hydroxylation is 2. The van der Waals surface area contributed by atoms with E-state index >= 15 is 0 Å².